The van der Waals surface area contributed by atoms with Crippen LogP contribution in [0.3, 0.4) is 0 Å². The summed E-state index contributed by atoms with van der Waals surface area (Å²) in [5.74, 6) is 0.574. The molecule has 0 radical (unpaired) electrons. The van der Waals surface area contributed by atoms with E-state index in [4.69, 9.17) is 5.73 Å². The standard InChI is InChI=1S/C14H20N2O/c1-10-5-2-3-8-13(10)16-14(17)11-6-4-7-12(15)9-11/h4,6-7,9-10,13H,2-3,5,8,15H2,1H3,(H,16,17)/t10-,13-/m0/s1. The smallest absolute Gasteiger partial charge is 0.251 e. The molecule has 1 aliphatic carbocycles. The Kier molecular flexibility index (Phi) is 3.67. The topological polar surface area (TPSA) is 55.1 Å². The van der Waals surface area contributed by atoms with Gasteiger partial charge in [-0.1, -0.05) is 25.8 Å². The van der Waals surface area contributed by atoms with Gasteiger partial charge in [0.1, 0.15) is 0 Å². The van der Waals surface area contributed by atoms with Crippen molar-refractivity contribution in [3.63, 3.8) is 0 Å². The van der Waals surface area contributed by atoms with Gasteiger partial charge in [0.2, 0.25) is 0 Å². The van der Waals surface area contributed by atoms with Crippen LogP contribution in [-0.4, -0.2) is 11.9 Å². The molecular formula is C14H20N2O. The van der Waals surface area contributed by atoms with Crippen LogP contribution in [0, 0.1) is 5.92 Å². The van der Waals surface area contributed by atoms with Crippen molar-refractivity contribution in [2.75, 3.05) is 5.73 Å². The lowest BCUT2D eigenvalue weighted by atomic mass is 9.86. The summed E-state index contributed by atoms with van der Waals surface area (Å²) in [6.45, 7) is 2.21. The largest absolute Gasteiger partial charge is 0.399 e. The van der Waals surface area contributed by atoms with Crippen LogP contribution >= 0.6 is 0 Å². The molecule has 3 N–H and O–H groups in total. The second-order valence-electron chi connectivity index (χ2n) is 4.97. The van der Waals surface area contributed by atoms with E-state index in [1.807, 2.05) is 6.07 Å². The van der Waals surface area contributed by atoms with Gasteiger partial charge in [0.05, 0.1) is 0 Å². The summed E-state index contributed by atoms with van der Waals surface area (Å²) in [6, 6.07) is 7.45. The predicted octanol–water partition coefficient (Wildman–Crippen LogP) is 2.58. The highest BCUT2D eigenvalue weighted by Gasteiger charge is 2.23. The molecular weight excluding hydrogens is 212 g/mol. The molecule has 1 aromatic rings. The number of nitrogens with two attached hydrogens (primary N) is 1. The van der Waals surface area contributed by atoms with Gasteiger partial charge in [-0.25, -0.2) is 0 Å². The quantitative estimate of drug-likeness (QED) is 0.770. The van der Waals surface area contributed by atoms with Crippen molar-refractivity contribution in [1.82, 2.24) is 5.32 Å². The first kappa shape index (κ1) is 12.0. The third kappa shape index (κ3) is 2.99. The highest BCUT2D eigenvalue weighted by Crippen LogP contribution is 2.24. The molecule has 1 aromatic carbocycles. The van der Waals surface area contributed by atoms with Gasteiger partial charge in [-0.15, -0.1) is 0 Å². The molecule has 2 rings (SSSR count). The number of hydrogen-bond acceptors (Lipinski definition) is 2. The van der Waals surface area contributed by atoms with Crippen LogP contribution in [0.25, 0.3) is 0 Å². The Morgan fingerprint density at radius 1 is 1.35 bits per heavy atom. The Balaban J connectivity index is 2.01. The van der Waals surface area contributed by atoms with Gasteiger partial charge in [-0.3, -0.25) is 4.79 Å². The molecule has 0 spiro atoms. The first-order valence-corrected chi connectivity index (χ1v) is 6.33. The zero-order valence-corrected chi connectivity index (χ0v) is 10.3. The molecule has 0 saturated heterocycles. The van der Waals surface area contributed by atoms with Crippen molar-refractivity contribution in [2.45, 2.75) is 38.6 Å². The molecule has 2 atom stereocenters. The molecule has 0 heterocycles. The van der Waals surface area contributed by atoms with Gasteiger partial charge in [0.15, 0.2) is 0 Å². The molecule has 3 heteroatoms. The molecule has 92 valence electrons. The van der Waals surface area contributed by atoms with E-state index in [1.54, 1.807) is 18.2 Å². The number of hydrogen-bond donors (Lipinski definition) is 2. The number of carbonyl (C=O) groups is 1. The summed E-state index contributed by atoms with van der Waals surface area (Å²) < 4.78 is 0. The lowest BCUT2D eigenvalue weighted by molar-refractivity contribution is 0.0910. The fourth-order valence-electron chi connectivity index (χ4n) is 2.46. The third-order valence-corrected chi connectivity index (χ3v) is 3.58. The van der Waals surface area contributed by atoms with E-state index in [0.717, 1.165) is 6.42 Å². The van der Waals surface area contributed by atoms with E-state index in [9.17, 15) is 4.79 Å². The molecule has 0 bridgehead atoms. The molecule has 1 saturated carbocycles. The Labute approximate surface area is 102 Å². The lowest BCUT2D eigenvalue weighted by Gasteiger charge is -2.29. The number of rotatable bonds is 2. The minimum atomic E-state index is -0.00366. The van der Waals surface area contributed by atoms with Gasteiger partial charge >= 0.3 is 0 Å². The van der Waals surface area contributed by atoms with Gasteiger partial charge in [-0.2, -0.15) is 0 Å². The number of amides is 1. The average molecular weight is 232 g/mol. The third-order valence-electron chi connectivity index (χ3n) is 3.58. The molecule has 1 amide bonds. The number of anilines is 1. The van der Waals surface area contributed by atoms with E-state index in [1.165, 1.54) is 19.3 Å². The Morgan fingerprint density at radius 2 is 2.12 bits per heavy atom. The SMILES string of the molecule is C[C@H]1CCCC[C@@H]1NC(=O)c1cccc(N)c1. The van der Waals surface area contributed by atoms with Gasteiger partial charge < -0.3 is 11.1 Å². The summed E-state index contributed by atoms with van der Waals surface area (Å²) in [5.41, 5.74) is 6.97. The summed E-state index contributed by atoms with van der Waals surface area (Å²) in [6.07, 6.45) is 4.80. The zero-order chi connectivity index (χ0) is 12.3. The molecule has 17 heavy (non-hydrogen) atoms. The number of nitrogen functional groups attached to an aromatic ring is 1. The summed E-state index contributed by atoms with van der Waals surface area (Å²) in [4.78, 5) is 12.0. The lowest BCUT2D eigenvalue weighted by Crippen LogP contribution is -2.41. The average Bonchev–Trinajstić information content (AvgIpc) is 2.32. The first-order chi connectivity index (χ1) is 8.16. The summed E-state index contributed by atoms with van der Waals surface area (Å²) >= 11 is 0. The van der Waals surface area contributed by atoms with Gasteiger partial charge in [-0.05, 0) is 37.0 Å². The van der Waals surface area contributed by atoms with Crippen molar-refractivity contribution < 1.29 is 4.79 Å². The maximum atomic E-state index is 12.0. The van der Waals surface area contributed by atoms with Crippen LogP contribution in [-0.2, 0) is 0 Å². The predicted molar refractivity (Wildman–Crippen MR) is 69.7 cm³/mol. The minimum absolute atomic E-state index is 0.00366. The van der Waals surface area contributed by atoms with Crippen LogP contribution in [0.4, 0.5) is 5.69 Å². The fraction of sp³-hybridized carbons (Fsp3) is 0.500. The Morgan fingerprint density at radius 3 is 2.82 bits per heavy atom. The van der Waals surface area contributed by atoms with E-state index in [2.05, 4.69) is 12.2 Å². The van der Waals surface area contributed by atoms with E-state index in [0.29, 0.717) is 23.2 Å². The highest BCUT2D eigenvalue weighted by atomic mass is 16.1. The maximum Gasteiger partial charge on any atom is 0.251 e. The second-order valence-corrected chi connectivity index (χ2v) is 4.97. The fourth-order valence-corrected chi connectivity index (χ4v) is 2.46. The Hall–Kier alpha value is -1.51. The van der Waals surface area contributed by atoms with Crippen molar-refractivity contribution in [1.29, 1.82) is 0 Å². The number of nitrogens with one attached hydrogen (secondary N) is 1. The van der Waals surface area contributed by atoms with Crippen molar-refractivity contribution >= 4 is 11.6 Å². The maximum absolute atomic E-state index is 12.0. The monoisotopic (exact) mass is 232 g/mol. The van der Waals surface area contributed by atoms with E-state index < -0.39 is 0 Å². The van der Waals surface area contributed by atoms with Crippen molar-refractivity contribution in [3.8, 4) is 0 Å². The van der Waals surface area contributed by atoms with E-state index >= 15 is 0 Å². The van der Waals surface area contributed by atoms with Gasteiger partial charge in [0.25, 0.3) is 5.91 Å². The number of benzene rings is 1. The molecule has 3 nitrogen and oxygen atoms in total. The molecule has 0 aliphatic heterocycles. The summed E-state index contributed by atoms with van der Waals surface area (Å²) in [5, 5.41) is 3.12. The normalized spacial score (nSPS) is 24.3. The summed E-state index contributed by atoms with van der Waals surface area (Å²) in [7, 11) is 0. The minimum Gasteiger partial charge on any atom is -0.399 e. The molecule has 1 aliphatic rings. The first-order valence-electron chi connectivity index (χ1n) is 6.33. The molecule has 0 aromatic heterocycles. The highest BCUT2D eigenvalue weighted by molar-refractivity contribution is 5.95. The Bertz CT molecular complexity index is 403. The molecule has 0 unspecified atom stereocenters. The van der Waals surface area contributed by atoms with Crippen LogP contribution < -0.4 is 11.1 Å². The van der Waals surface area contributed by atoms with Gasteiger partial charge in [0, 0.05) is 17.3 Å². The van der Waals surface area contributed by atoms with Crippen LogP contribution in [0.5, 0.6) is 0 Å². The van der Waals surface area contributed by atoms with E-state index in [-0.39, 0.29) is 5.91 Å². The zero-order valence-electron chi connectivity index (χ0n) is 10.3. The van der Waals surface area contributed by atoms with Crippen LogP contribution in [0.2, 0.25) is 0 Å². The second kappa shape index (κ2) is 5.21. The molecule has 1 fully saturated rings. The van der Waals surface area contributed by atoms with Crippen molar-refractivity contribution in [2.24, 2.45) is 5.92 Å². The van der Waals surface area contributed by atoms with Crippen LogP contribution in [0.15, 0.2) is 24.3 Å². The number of carbonyl (C=O) groups excluding carboxylic acids is 1. The van der Waals surface area contributed by atoms with Crippen LogP contribution in [0.1, 0.15) is 43.0 Å². The van der Waals surface area contributed by atoms with Crippen molar-refractivity contribution in [3.05, 3.63) is 29.8 Å².